The van der Waals surface area contributed by atoms with E-state index in [1.165, 1.54) is 6.92 Å². The van der Waals surface area contributed by atoms with Crippen LogP contribution in [0, 0.1) is 0 Å². The first-order chi connectivity index (χ1) is 14.4. The van der Waals surface area contributed by atoms with Crippen LogP contribution in [0.5, 0.6) is 0 Å². The van der Waals surface area contributed by atoms with Crippen LogP contribution in [0.25, 0.3) is 0 Å². The number of benzene rings is 2. The Morgan fingerprint density at radius 1 is 1.10 bits per heavy atom. The van der Waals surface area contributed by atoms with Gasteiger partial charge in [-0.1, -0.05) is 48.5 Å². The van der Waals surface area contributed by atoms with Gasteiger partial charge in [0, 0.05) is 18.2 Å². The number of para-hydroxylation sites is 1. The summed E-state index contributed by atoms with van der Waals surface area (Å²) in [7, 11) is 0. The Morgan fingerprint density at radius 2 is 1.80 bits per heavy atom. The van der Waals surface area contributed by atoms with Gasteiger partial charge in [-0.25, -0.2) is 9.59 Å². The third kappa shape index (κ3) is 5.50. The van der Waals surface area contributed by atoms with E-state index < -0.39 is 30.1 Å². The number of rotatable bonds is 8. The minimum Gasteiger partial charge on any atom is -0.480 e. The van der Waals surface area contributed by atoms with Gasteiger partial charge in [-0.05, 0) is 30.5 Å². The molecular formula is C22H25N3O5. The fourth-order valence-corrected chi connectivity index (χ4v) is 3.38. The van der Waals surface area contributed by atoms with E-state index in [0.29, 0.717) is 6.54 Å². The van der Waals surface area contributed by atoms with Gasteiger partial charge in [0.25, 0.3) is 0 Å². The zero-order valence-electron chi connectivity index (χ0n) is 16.6. The number of carbonyl (C=O) groups is 3. The van der Waals surface area contributed by atoms with E-state index >= 15 is 0 Å². The number of carbonyl (C=O) groups excluding carboxylic acids is 2. The smallest absolute Gasteiger partial charge is 0.408 e. The first kappa shape index (κ1) is 21.2. The third-order valence-corrected chi connectivity index (χ3v) is 5.01. The standard InChI is InChI=1S/C22H25N3O5/c1-14(24-22(29)30-13-15-7-3-2-4-8-15)20(26)25-19(21(27)28)11-16-12-23-18-10-6-5-9-17(16)18/h2-10,14,16,19,23H,11-13H2,1H3,(H,24,29)(H,25,26)(H,27,28)/t14?,16?,19-/m0/s1. The SMILES string of the molecule is CC(NC(=O)OCc1ccccc1)C(=O)N[C@@H](CC1CNc2ccccc21)C(=O)O. The molecule has 8 nitrogen and oxygen atoms in total. The lowest BCUT2D eigenvalue weighted by molar-refractivity contribution is -0.142. The molecule has 0 bridgehead atoms. The lowest BCUT2D eigenvalue weighted by Gasteiger charge is -2.21. The maximum Gasteiger partial charge on any atom is 0.408 e. The molecule has 2 amide bonds. The van der Waals surface area contributed by atoms with E-state index in [2.05, 4.69) is 16.0 Å². The number of alkyl carbamates (subject to hydrolysis) is 1. The van der Waals surface area contributed by atoms with Crippen LogP contribution in [0.4, 0.5) is 10.5 Å². The van der Waals surface area contributed by atoms with Gasteiger partial charge in [0.1, 0.15) is 18.7 Å². The van der Waals surface area contributed by atoms with Crippen molar-refractivity contribution in [3.05, 3.63) is 65.7 Å². The summed E-state index contributed by atoms with van der Waals surface area (Å²) in [5, 5.41) is 17.7. The number of carboxylic acids is 1. The number of anilines is 1. The van der Waals surface area contributed by atoms with Crippen LogP contribution in [0.3, 0.4) is 0 Å². The van der Waals surface area contributed by atoms with Gasteiger partial charge in [-0.3, -0.25) is 4.79 Å². The molecule has 2 aromatic rings. The molecule has 30 heavy (non-hydrogen) atoms. The number of fused-ring (bicyclic) bond motifs is 1. The van der Waals surface area contributed by atoms with Crippen molar-refractivity contribution < 1.29 is 24.2 Å². The second kappa shape index (κ2) is 9.78. The maximum atomic E-state index is 12.4. The molecule has 0 aliphatic carbocycles. The Hall–Kier alpha value is -3.55. The van der Waals surface area contributed by atoms with Gasteiger partial charge in [0.2, 0.25) is 5.91 Å². The van der Waals surface area contributed by atoms with Crippen molar-refractivity contribution in [3.8, 4) is 0 Å². The van der Waals surface area contributed by atoms with E-state index in [-0.39, 0.29) is 18.9 Å². The van der Waals surface area contributed by atoms with Gasteiger partial charge >= 0.3 is 12.1 Å². The molecule has 2 aromatic carbocycles. The molecule has 158 valence electrons. The molecule has 0 saturated heterocycles. The van der Waals surface area contributed by atoms with Crippen LogP contribution in [0.1, 0.15) is 30.4 Å². The lowest BCUT2D eigenvalue weighted by atomic mass is 9.94. The van der Waals surface area contributed by atoms with E-state index in [1.807, 2.05) is 54.6 Å². The lowest BCUT2D eigenvalue weighted by Crippen LogP contribution is -2.50. The molecule has 1 aliphatic rings. The molecule has 0 saturated carbocycles. The van der Waals surface area contributed by atoms with Crippen LogP contribution in [-0.4, -0.2) is 41.7 Å². The van der Waals surface area contributed by atoms with Gasteiger partial charge in [0.05, 0.1) is 0 Å². The van der Waals surface area contributed by atoms with Crippen LogP contribution < -0.4 is 16.0 Å². The topological polar surface area (TPSA) is 117 Å². The number of hydrogen-bond acceptors (Lipinski definition) is 5. The number of carboxylic acid groups (broad SMARTS) is 1. The van der Waals surface area contributed by atoms with E-state index in [0.717, 1.165) is 16.8 Å². The Labute approximate surface area is 174 Å². The summed E-state index contributed by atoms with van der Waals surface area (Å²) in [6.45, 7) is 2.16. The molecule has 1 heterocycles. The highest BCUT2D eigenvalue weighted by Gasteiger charge is 2.30. The molecule has 4 N–H and O–H groups in total. The van der Waals surface area contributed by atoms with E-state index in [4.69, 9.17) is 4.74 Å². The number of amides is 2. The average Bonchev–Trinajstić information content (AvgIpc) is 3.15. The summed E-state index contributed by atoms with van der Waals surface area (Å²) in [5.41, 5.74) is 2.84. The van der Waals surface area contributed by atoms with Crippen molar-refractivity contribution in [2.75, 3.05) is 11.9 Å². The summed E-state index contributed by atoms with van der Waals surface area (Å²) in [5.74, 6) is -1.73. The largest absolute Gasteiger partial charge is 0.480 e. The highest BCUT2D eigenvalue weighted by Crippen LogP contribution is 2.34. The summed E-state index contributed by atoms with van der Waals surface area (Å²) >= 11 is 0. The fraction of sp³-hybridized carbons (Fsp3) is 0.318. The van der Waals surface area contributed by atoms with Crippen LogP contribution in [-0.2, 0) is 20.9 Å². The second-order valence-electron chi connectivity index (χ2n) is 7.23. The number of nitrogens with one attached hydrogen (secondary N) is 3. The number of hydrogen-bond donors (Lipinski definition) is 4. The molecule has 3 atom stereocenters. The summed E-state index contributed by atoms with van der Waals surface area (Å²) < 4.78 is 5.09. The molecule has 0 fully saturated rings. The summed E-state index contributed by atoms with van der Waals surface area (Å²) in [6, 6.07) is 14.8. The molecule has 0 spiro atoms. The fourth-order valence-electron chi connectivity index (χ4n) is 3.38. The molecule has 1 aliphatic heterocycles. The van der Waals surface area contributed by atoms with Crippen molar-refractivity contribution in [2.45, 2.75) is 38.0 Å². The minimum absolute atomic E-state index is 0.0262. The van der Waals surface area contributed by atoms with Gasteiger partial charge in [0.15, 0.2) is 0 Å². The first-order valence-corrected chi connectivity index (χ1v) is 9.77. The Balaban J connectivity index is 1.50. The zero-order chi connectivity index (χ0) is 21.5. The Bertz CT molecular complexity index is 903. The van der Waals surface area contributed by atoms with Gasteiger partial charge < -0.3 is 25.8 Å². The molecule has 8 heteroatoms. The maximum absolute atomic E-state index is 12.4. The third-order valence-electron chi connectivity index (χ3n) is 5.01. The van der Waals surface area contributed by atoms with Crippen molar-refractivity contribution in [3.63, 3.8) is 0 Å². The predicted octanol–water partition coefficient (Wildman–Crippen LogP) is 2.47. The highest BCUT2D eigenvalue weighted by atomic mass is 16.5. The molecule has 3 rings (SSSR count). The molecule has 2 unspecified atom stereocenters. The van der Waals surface area contributed by atoms with Crippen molar-refractivity contribution >= 4 is 23.7 Å². The second-order valence-corrected chi connectivity index (χ2v) is 7.23. The monoisotopic (exact) mass is 411 g/mol. The van der Waals surface area contributed by atoms with Crippen LogP contribution in [0.15, 0.2) is 54.6 Å². The molecule has 0 aromatic heterocycles. The Morgan fingerprint density at radius 3 is 2.53 bits per heavy atom. The normalized spacial score (nSPS) is 16.5. The number of aliphatic carboxylic acids is 1. The van der Waals surface area contributed by atoms with E-state index in [9.17, 15) is 19.5 Å². The van der Waals surface area contributed by atoms with E-state index in [1.54, 1.807) is 0 Å². The van der Waals surface area contributed by atoms with Gasteiger partial charge in [-0.15, -0.1) is 0 Å². The first-order valence-electron chi connectivity index (χ1n) is 9.77. The molecule has 0 radical (unpaired) electrons. The Kier molecular flexibility index (Phi) is 6.90. The average molecular weight is 411 g/mol. The van der Waals surface area contributed by atoms with Crippen molar-refractivity contribution in [2.24, 2.45) is 0 Å². The summed E-state index contributed by atoms with van der Waals surface area (Å²) in [6.07, 6.45) is -0.502. The van der Waals surface area contributed by atoms with Crippen LogP contribution in [0.2, 0.25) is 0 Å². The minimum atomic E-state index is -1.12. The predicted molar refractivity (Wildman–Crippen MR) is 111 cm³/mol. The molecular weight excluding hydrogens is 386 g/mol. The van der Waals surface area contributed by atoms with Crippen molar-refractivity contribution in [1.29, 1.82) is 0 Å². The quantitative estimate of drug-likeness (QED) is 0.530. The zero-order valence-corrected chi connectivity index (χ0v) is 16.6. The number of ether oxygens (including phenoxy) is 1. The van der Waals surface area contributed by atoms with Crippen LogP contribution >= 0.6 is 0 Å². The van der Waals surface area contributed by atoms with Crippen molar-refractivity contribution in [1.82, 2.24) is 10.6 Å². The summed E-state index contributed by atoms with van der Waals surface area (Å²) in [4.78, 5) is 36.0. The highest BCUT2D eigenvalue weighted by molar-refractivity contribution is 5.89. The van der Waals surface area contributed by atoms with Gasteiger partial charge in [-0.2, -0.15) is 0 Å².